The van der Waals surface area contributed by atoms with Gasteiger partial charge in [-0.1, -0.05) is 6.92 Å². The zero-order chi connectivity index (χ0) is 9.26. The van der Waals surface area contributed by atoms with Crippen molar-refractivity contribution in [2.75, 3.05) is 6.54 Å². The highest BCUT2D eigenvalue weighted by Gasteiger charge is 2.27. The van der Waals surface area contributed by atoms with Crippen LogP contribution >= 0.6 is 0 Å². The summed E-state index contributed by atoms with van der Waals surface area (Å²) in [4.78, 5) is 0. The van der Waals surface area contributed by atoms with E-state index in [1.807, 2.05) is 0 Å². The molecule has 13 heavy (non-hydrogen) atoms. The Bertz CT molecular complexity index is 296. The Morgan fingerprint density at radius 2 is 2.54 bits per heavy atom. The third kappa shape index (κ3) is 1.42. The van der Waals surface area contributed by atoms with Crippen LogP contribution < -0.4 is 5.32 Å². The van der Waals surface area contributed by atoms with Gasteiger partial charge in [-0.3, -0.25) is 0 Å². The molecular formula is C9H14N2O2. The molecule has 0 bridgehead atoms. The summed E-state index contributed by atoms with van der Waals surface area (Å²) in [6.45, 7) is 2.95. The van der Waals surface area contributed by atoms with Crippen molar-refractivity contribution in [3.05, 3.63) is 11.3 Å². The molecule has 2 N–H and O–H groups in total. The molecule has 0 radical (unpaired) electrons. The highest BCUT2D eigenvalue weighted by molar-refractivity contribution is 5.32. The lowest BCUT2D eigenvalue weighted by molar-refractivity contribution is 0.337. The number of aromatic nitrogens is 1. The first-order valence-corrected chi connectivity index (χ1v) is 4.73. The minimum atomic E-state index is 0.0562. The molecule has 4 heteroatoms. The summed E-state index contributed by atoms with van der Waals surface area (Å²) in [6.07, 6.45) is 3.04. The maximum atomic E-state index is 9.45. The highest BCUT2D eigenvalue weighted by atomic mass is 16.5. The number of hydrogen-bond acceptors (Lipinski definition) is 4. The summed E-state index contributed by atoms with van der Waals surface area (Å²) in [7, 11) is 0. The number of rotatable bonds is 2. The Labute approximate surface area is 76.9 Å². The van der Waals surface area contributed by atoms with E-state index in [-0.39, 0.29) is 11.9 Å². The number of aromatic hydroxyl groups is 1. The number of hydrogen-bond donors (Lipinski definition) is 2. The van der Waals surface area contributed by atoms with E-state index >= 15 is 0 Å². The highest BCUT2D eigenvalue weighted by Crippen LogP contribution is 2.35. The van der Waals surface area contributed by atoms with Gasteiger partial charge in [-0.15, -0.1) is 0 Å². The normalized spacial score (nSPS) is 21.5. The topological polar surface area (TPSA) is 58.3 Å². The second-order valence-corrected chi connectivity index (χ2v) is 3.35. The Kier molecular flexibility index (Phi) is 2.22. The SMILES string of the molecule is CCN[C@@H]1CCCc2onc(O)c21. The zero-order valence-electron chi connectivity index (χ0n) is 7.71. The Morgan fingerprint density at radius 1 is 1.69 bits per heavy atom. The third-order valence-corrected chi connectivity index (χ3v) is 2.48. The number of nitrogens with zero attached hydrogens (tertiary/aromatic N) is 1. The average Bonchev–Trinajstić information content (AvgIpc) is 2.50. The molecular weight excluding hydrogens is 168 g/mol. The third-order valence-electron chi connectivity index (χ3n) is 2.48. The van der Waals surface area contributed by atoms with Gasteiger partial charge in [0.1, 0.15) is 5.76 Å². The van der Waals surface area contributed by atoms with Crippen molar-refractivity contribution in [3.63, 3.8) is 0 Å². The monoisotopic (exact) mass is 182 g/mol. The van der Waals surface area contributed by atoms with E-state index in [0.29, 0.717) is 0 Å². The van der Waals surface area contributed by atoms with Crippen molar-refractivity contribution in [1.82, 2.24) is 10.5 Å². The maximum Gasteiger partial charge on any atom is 0.256 e. The first-order chi connectivity index (χ1) is 6.33. The van der Waals surface area contributed by atoms with Crippen molar-refractivity contribution in [3.8, 4) is 5.88 Å². The summed E-state index contributed by atoms with van der Waals surface area (Å²) in [6, 6.07) is 0.222. The van der Waals surface area contributed by atoms with Crippen LogP contribution in [0.25, 0.3) is 0 Å². The molecule has 1 aliphatic carbocycles. The Balaban J connectivity index is 2.29. The molecule has 4 nitrogen and oxygen atoms in total. The molecule has 0 unspecified atom stereocenters. The fourth-order valence-corrected chi connectivity index (χ4v) is 1.91. The molecule has 0 saturated heterocycles. The van der Waals surface area contributed by atoms with Gasteiger partial charge < -0.3 is 14.9 Å². The van der Waals surface area contributed by atoms with E-state index < -0.39 is 0 Å². The maximum absolute atomic E-state index is 9.45. The van der Waals surface area contributed by atoms with Crippen LogP contribution in [0.4, 0.5) is 0 Å². The fourth-order valence-electron chi connectivity index (χ4n) is 1.91. The molecule has 0 aliphatic heterocycles. The van der Waals surface area contributed by atoms with Crippen molar-refractivity contribution in [2.24, 2.45) is 0 Å². The van der Waals surface area contributed by atoms with Crippen molar-refractivity contribution in [2.45, 2.75) is 32.2 Å². The predicted molar refractivity (Wildman–Crippen MR) is 47.5 cm³/mol. The van der Waals surface area contributed by atoms with E-state index in [1.165, 1.54) is 0 Å². The number of nitrogens with one attached hydrogen (secondary N) is 1. The van der Waals surface area contributed by atoms with Crippen molar-refractivity contribution >= 4 is 0 Å². The second kappa shape index (κ2) is 3.38. The van der Waals surface area contributed by atoms with Crippen LogP contribution in [-0.4, -0.2) is 16.8 Å². The summed E-state index contributed by atoms with van der Waals surface area (Å²) >= 11 is 0. The number of aryl methyl sites for hydroxylation is 1. The lowest BCUT2D eigenvalue weighted by atomic mass is 9.93. The minimum absolute atomic E-state index is 0.0562. The smallest absolute Gasteiger partial charge is 0.256 e. The molecule has 72 valence electrons. The summed E-state index contributed by atoms with van der Waals surface area (Å²) in [5, 5.41) is 16.3. The fraction of sp³-hybridized carbons (Fsp3) is 0.667. The van der Waals surface area contributed by atoms with Gasteiger partial charge in [-0.25, -0.2) is 0 Å². The van der Waals surface area contributed by atoms with Gasteiger partial charge in [0.15, 0.2) is 0 Å². The molecule has 1 aromatic heterocycles. The first-order valence-electron chi connectivity index (χ1n) is 4.73. The zero-order valence-corrected chi connectivity index (χ0v) is 7.71. The molecule has 0 aromatic carbocycles. The average molecular weight is 182 g/mol. The van der Waals surface area contributed by atoms with Crippen molar-refractivity contribution in [1.29, 1.82) is 0 Å². The van der Waals surface area contributed by atoms with E-state index in [1.54, 1.807) is 0 Å². The van der Waals surface area contributed by atoms with Crippen LogP contribution in [0.15, 0.2) is 4.52 Å². The molecule has 0 fully saturated rings. The molecule has 0 saturated carbocycles. The van der Waals surface area contributed by atoms with Crippen LogP contribution in [-0.2, 0) is 6.42 Å². The largest absolute Gasteiger partial charge is 0.491 e. The molecule has 2 rings (SSSR count). The van der Waals surface area contributed by atoms with Crippen LogP contribution in [0, 0.1) is 0 Å². The van der Waals surface area contributed by atoms with Gasteiger partial charge in [0.25, 0.3) is 5.88 Å². The van der Waals surface area contributed by atoms with Crippen molar-refractivity contribution < 1.29 is 9.63 Å². The van der Waals surface area contributed by atoms with Gasteiger partial charge in [-0.05, 0) is 24.5 Å². The van der Waals surface area contributed by atoms with E-state index in [2.05, 4.69) is 17.4 Å². The van der Waals surface area contributed by atoms with E-state index in [0.717, 1.165) is 37.1 Å². The predicted octanol–water partition coefficient (Wildman–Crippen LogP) is 1.37. The van der Waals surface area contributed by atoms with Crippen LogP contribution in [0.5, 0.6) is 5.88 Å². The van der Waals surface area contributed by atoms with Crippen LogP contribution in [0.3, 0.4) is 0 Å². The van der Waals surface area contributed by atoms with Gasteiger partial charge in [0, 0.05) is 12.5 Å². The molecule has 1 aromatic rings. The summed E-state index contributed by atoms with van der Waals surface area (Å²) < 4.78 is 5.02. The second-order valence-electron chi connectivity index (χ2n) is 3.35. The molecule has 1 aliphatic rings. The van der Waals surface area contributed by atoms with Gasteiger partial charge in [0.2, 0.25) is 0 Å². The lowest BCUT2D eigenvalue weighted by Crippen LogP contribution is -2.24. The Morgan fingerprint density at radius 3 is 3.31 bits per heavy atom. The quantitative estimate of drug-likeness (QED) is 0.725. The van der Waals surface area contributed by atoms with E-state index in [9.17, 15) is 5.11 Å². The minimum Gasteiger partial charge on any atom is -0.491 e. The first kappa shape index (κ1) is 8.56. The summed E-state index contributed by atoms with van der Waals surface area (Å²) in [5.41, 5.74) is 0.869. The van der Waals surface area contributed by atoms with Gasteiger partial charge in [-0.2, -0.15) is 0 Å². The molecule has 0 spiro atoms. The van der Waals surface area contributed by atoms with Crippen LogP contribution in [0.1, 0.15) is 37.1 Å². The molecule has 0 amide bonds. The number of fused-ring (bicyclic) bond motifs is 1. The van der Waals surface area contributed by atoms with E-state index in [4.69, 9.17) is 4.52 Å². The Hall–Kier alpha value is -1.03. The summed E-state index contributed by atoms with van der Waals surface area (Å²) in [5.74, 6) is 0.898. The molecule has 1 heterocycles. The van der Waals surface area contributed by atoms with Crippen LogP contribution in [0.2, 0.25) is 0 Å². The van der Waals surface area contributed by atoms with Gasteiger partial charge >= 0.3 is 0 Å². The standard InChI is InChI=1S/C9H14N2O2/c1-2-10-6-4-3-5-7-8(6)9(12)11-13-7/h6,10H,2-5H2,1H3,(H,11,12)/t6-/m1/s1. The molecule has 1 atom stereocenters. The lowest BCUT2D eigenvalue weighted by Gasteiger charge is -2.20. The van der Waals surface area contributed by atoms with Gasteiger partial charge in [0.05, 0.1) is 5.56 Å².